The van der Waals surface area contributed by atoms with Gasteiger partial charge in [0.1, 0.15) is 104 Å². The average molecular weight is 1370 g/mol. The van der Waals surface area contributed by atoms with Crippen LogP contribution in [0.1, 0.15) is 120 Å². The minimum absolute atomic E-state index is 0.0545. The van der Waals surface area contributed by atoms with Gasteiger partial charge in [0, 0.05) is 5.41 Å². The molecule has 14 rings (SSSR count). The molecule has 31 nitrogen and oxygen atoms in total. The molecular formula is C64H100O31. The van der Waals surface area contributed by atoms with Crippen molar-refractivity contribution in [2.75, 3.05) is 33.0 Å². The van der Waals surface area contributed by atoms with E-state index in [0.29, 0.717) is 32.1 Å². The summed E-state index contributed by atoms with van der Waals surface area (Å²) in [7, 11) is 0. The minimum atomic E-state index is -2.32. The lowest BCUT2D eigenvalue weighted by molar-refractivity contribution is -0.384. The number of ether oxygens (including phenoxy) is 12. The first-order valence-corrected chi connectivity index (χ1v) is 33.3. The molecule has 0 aromatic carbocycles. The molecule has 0 radical (unpaired) electrons. The molecular weight excluding hydrogens is 1260 g/mol. The molecule has 5 aliphatic carbocycles. The zero-order chi connectivity index (χ0) is 69.4. The Bertz CT molecular complexity index is 2790. The van der Waals surface area contributed by atoms with E-state index in [1.54, 1.807) is 6.92 Å². The topological polar surface area (TPSA) is 486 Å². The molecule has 16 N–H and O–H groups in total. The van der Waals surface area contributed by atoms with Crippen LogP contribution < -0.4 is 0 Å². The van der Waals surface area contributed by atoms with E-state index >= 15 is 4.79 Å². The van der Waals surface area contributed by atoms with Crippen LogP contribution in [-0.2, 0) is 71.2 Å². The van der Waals surface area contributed by atoms with Gasteiger partial charge >= 0.3 is 17.9 Å². The van der Waals surface area contributed by atoms with Crippen molar-refractivity contribution in [3.63, 3.8) is 0 Å². The lowest BCUT2D eigenvalue weighted by Crippen LogP contribution is -2.71. The first kappa shape index (κ1) is 73.4. The summed E-state index contributed by atoms with van der Waals surface area (Å²) in [4.78, 5) is 43.1. The number of hydrogen-bond acceptors (Lipinski definition) is 31. The van der Waals surface area contributed by atoms with Gasteiger partial charge in [-0.25, -0.2) is 0 Å². The van der Waals surface area contributed by atoms with Crippen LogP contribution in [0.5, 0.6) is 0 Å². The highest BCUT2D eigenvalue weighted by molar-refractivity contribution is 5.80. The van der Waals surface area contributed by atoms with E-state index in [-0.39, 0.29) is 30.6 Å². The van der Waals surface area contributed by atoms with Gasteiger partial charge in [-0.15, -0.1) is 0 Å². The molecule has 35 atom stereocenters. The fourth-order valence-corrected chi connectivity index (χ4v) is 18.8. The zero-order valence-electron chi connectivity index (χ0n) is 54.7. The maximum atomic E-state index is 15.7. The Morgan fingerprint density at radius 3 is 1.91 bits per heavy atom. The lowest BCUT2D eigenvalue weighted by Gasteiger charge is -2.72. The summed E-state index contributed by atoms with van der Waals surface area (Å²) >= 11 is 0. The van der Waals surface area contributed by atoms with Crippen LogP contribution in [0, 0.1) is 50.2 Å². The van der Waals surface area contributed by atoms with Gasteiger partial charge in [0.2, 0.25) is 6.29 Å². The SMILES string of the molecule is C[C@@H]1O[C@H]2O[C@H]3[C@@H](OC[C@H](O)[C@@H]3O)OC(=O)[C@]34CCC(C)(C)C[C@@H]3C3=CC[C@@H]5[C@@]6(C)C[C@H](O)[C@H](O[C@@H]7O[C@H](CO)[C@@H](O)[C@H](O)[C@H]7O[C@@H]7O[C@H](COC(=O)C[C@](C)(O)CC(=O)O[C@@H]1[C@@H](O[C@@H]1OC[C@@H](O)[C@H](O)[C@H]1O)[C@H]2O)[C@@H](O)[C@H](O)[C@H]7O)[C@@](C)(CO)[C@@H]6CC[C@@]5(C)[C@]3(C)C[C@H]4O. The Kier molecular flexibility index (Phi) is 20.7. The van der Waals surface area contributed by atoms with E-state index in [1.807, 2.05) is 0 Å². The highest BCUT2D eigenvalue weighted by Crippen LogP contribution is 2.76. The van der Waals surface area contributed by atoms with E-state index in [1.165, 1.54) is 6.92 Å². The van der Waals surface area contributed by atoms with Gasteiger partial charge in [-0.05, 0) is 105 Å². The largest absolute Gasteiger partial charge is 0.463 e. The first-order valence-electron chi connectivity index (χ1n) is 33.3. The number of esters is 3. The Morgan fingerprint density at radius 2 is 1.22 bits per heavy atom. The molecule has 0 amide bonds. The molecule has 9 heterocycles. The average Bonchev–Trinajstić information content (AvgIpc) is 0.670. The Labute approximate surface area is 549 Å². The summed E-state index contributed by atoms with van der Waals surface area (Å²) in [5.74, 6) is -4.74. The first-order chi connectivity index (χ1) is 44.4. The maximum absolute atomic E-state index is 15.7. The molecule has 1 spiro atoms. The van der Waals surface area contributed by atoms with Gasteiger partial charge in [0.25, 0.3) is 0 Å². The highest BCUT2D eigenvalue weighted by atomic mass is 16.8. The van der Waals surface area contributed by atoms with Crippen molar-refractivity contribution in [2.24, 2.45) is 50.2 Å². The Hall–Kier alpha value is -2.85. The minimum Gasteiger partial charge on any atom is -0.463 e. The van der Waals surface area contributed by atoms with Crippen molar-refractivity contribution in [1.82, 2.24) is 0 Å². The molecule has 0 unspecified atom stereocenters. The van der Waals surface area contributed by atoms with Crippen molar-refractivity contribution >= 4 is 17.9 Å². The number of carbonyl (C=O) groups excluding carboxylic acids is 3. The van der Waals surface area contributed by atoms with Crippen LogP contribution in [0.4, 0.5) is 0 Å². The van der Waals surface area contributed by atoms with Crippen LogP contribution in [0.15, 0.2) is 11.6 Å². The van der Waals surface area contributed by atoms with Gasteiger partial charge < -0.3 is 139 Å². The zero-order valence-corrected chi connectivity index (χ0v) is 54.7. The van der Waals surface area contributed by atoms with Gasteiger partial charge in [0.15, 0.2) is 37.4 Å². The van der Waals surface area contributed by atoms with Crippen LogP contribution >= 0.6 is 0 Å². The monoisotopic (exact) mass is 1360 g/mol. The van der Waals surface area contributed by atoms with Crippen molar-refractivity contribution in [3.8, 4) is 0 Å². The summed E-state index contributed by atoms with van der Waals surface area (Å²) in [6.07, 6.45) is -44.3. The predicted molar refractivity (Wildman–Crippen MR) is 314 cm³/mol. The second-order valence-electron chi connectivity index (χ2n) is 31.1. The number of hydrogen-bond donors (Lipinski definition) is 16. The quantitative estimate of drug-likeness (QED) is 0.0547. The highest BCUT2D eigenvalue weighted by Gasteiger charge is 2.73. The van der Waals surface area contributed by atoms with Crippen molar-refractivity contribution in [1.29, 1.82) is 0 Å². The normalized spacial score (nSPS) is 54.8. The second-order valence-corrected chi connectivity index (χ2v) is 31.1. The van der Waals surface area contributed by atoms with Crippen LogP contribution in [0.2, 0.25) is 0 Å². The Morgan fingerprint density at radius 1 is 0.568 bits per heavy atom. The van der Waals surface area contributed by atoms with Crippen LogP contribution in [0.25, 0.3) is 0 Å². The van der Waals surface area contributed by atoms with E-state index in [4.69, 9.17) is 56.8 Å². The van der Waals surface area contributed by atoms with E-state index < -0.39 is 268 Å². The summed E-state index contributed by atoms with van der Waals surface area (Å²) in [6, 6.07) is 0. The number of allylic oxidation sites excluding steroid dienone is 2. The van der Waals surface area contributed by atoms with Gasteiger partial charge in [-0.3, -0.25) is 14.4 Å². The Balaban J connectivity index is 0.966. The molecule has 12 bridgehead atoms. The lowest BCUT2D eigenvalue weighted by atomic mass is 9.33. The molecule has 7 saturated heterocycles. The van der Waals surface area contributed by atoms with Crippen molar-refractivity contribution < 1.29 is 153 Å². The third-order valence-corrected chi connectivity index (χ3v) is 24.3. The molecule has 4 saturated carbocycles. The fraction of sp³-hybridized carbons (Fsp3) is 0.922. The molecule has 14 aliphatic rings. The summed E-state index contributed by atoms with van der Waals surface area (Å²) in [5.41, 5.74) is -7.04. The molecule has 95 heavy (non-hydrogen) atoms. The third-order valence-electron chi connectivity index (χ3n) is 24.3. The number of aliphatic hydroxyl groups excluding tert-OH is 15. The smallest absolute Gasteiger partial charge is 0.317 e. The third kappa shape index (κ3) is 12.7. The number of aliphatic hydroxyl groups is 16. The molecule has 542 valence electrons. The maximum Gasteiger partial charge on any atom is 0.317 e. The fourth-order valence-electron chi connectivity index (χ4n) is 18.8. The molecule has 0 aromatic heterocycles. The molecule has 0 aromatic rings. The molecule has 9 aliphatic heterocycles. The van der Waals surface area contributed by atoms with Crippen molar-refractivity contribution in [3.05, 3.63) is 11.6 Å². The predicted octanol–water partition coefficient (Wildman–Crippen LogP) is -4.34. The number of rotatable bonds is 4. The summed E-state index contributed by atoms with van der Waals surface area (Å²) in [6.45, 7) is 11.1. The summed E-state index contributed by atoms with van der Waals surface area (Å²) < 4.78 is 72.1. The van der Waals surface area contributed by atoms with Gasteiger partial charge in [-0.1, -0.05) is 53.2 Å². The molecule has 11 fully saturated rings. The van der Waals surface area contributed by atoms with Gasteiger partial charge in [0.05, 0.1) is 69.3 Å². The van der Waals surface area contributed by atoms with Gasteiger partial charge in [-0.2, -0.15) is 0 Å². The van der Waals surface area contributed by atoms with Crippen LogP contribution in [-0.4, -0.2) is 298 Å². The molecule has 31 heteroatoms. The van der Waals surface area contributed by atoms with E-state index in [2.05, 4.69) is 40.7 Å². The summed E-state index contributed by atoms with van der Waals surface area (Å²) in [5, 5.41) is 183. The number of carbonyl (C=O) groups is 3. The second kappa shape index (κ2) is 26.8. The standard InChI is InChI=1S/C64H100O31/c1-25-47-48(91-52-44(79)38(73)29(68)21-85-52)46(81)54(87-25)92-49-39(74)30(69)22-86-55(49)95-57(82)64-14-13-58(2,3)15-27(64)26-9-10-34-60(5)16-28(67)51(61(6,24-66)33(60)11-12-62(34,7)63(26,8)17-35(64)70)94-56-50(43(78)40(75)31(20-65)88-56)93-53-45(80)42(77)41(76)32(89-53)23-84-36(71)18-59(4,83)19-37(72)90-47/h9,25,27-35,38-56,65-70,73-81,83H,10-24H2,1-8H3/t25-,27+,28-,29+,30-,31+,32+,33+,34+,35+,38-,39-,40+,41+,42-,43-,44+,45+,46+,47-,48-,49+,50+,51-,52-,53-,54-,55-,56-,59-,60-,61-,62+,63+,64+/m0/s1. The van der Waals surface area contributed by atoms with E-state index in [0.717, 1.165) is 12.5 Å². The van der Waals surface area contributed by atoms with Crippen LogP contribution in [0.3, 0.4) is 0 Å². The van der Waals surface area contributed by atoms with E-state index in [9.17, 15) is 91.3 Å². The van der Waals surface area contributed by atoms with Crippen molar-refractivity contribution in [2.45, 2.75) is 285 Å².